The lowest BCUT2D eigenvalue weighted by Crippen LogP contribution is -2.37. The molecule has 0 heterocycles. The van der Waals surface area contributed by atoms with Crippen molar-refractivity contribution in [3.63, 3.8) is 0 Å². The Hall–Kier alpha value is -2.02. The molecule has 0 saturated heterocycles. The zero-order chi connectivity index (χ0) is 14.8. The molecule has 0 fully saturated rings. The van der Waals surface area contributed by atoms with Gasteiger partial charge >= 0.3 is 0 Å². The number of nitrogens with one attached hydrogen (secondary N) is 2. The van der Waals surface area contributed by atoms with Crippen LogP contribution in [-0.4, -0.2) is 19.6 Å². The topological polar surface area (TPSA) is 60.2 Å². The van der Waals surface area contributed by atoms with Crippen LogP contribution in [0.2, 0.25) is 0 Å². The van der Waals surface area contributed by atoms with E-state index in [9.17, 15) is 0 Å². The minimum absolute atomic E-state index is 0.685. The van der Waals surface area contributed by atoms with Crippen LogP contribution in [0.15, 0.2) is 29.3 Å². The van der Waals surface area contributed by atoms with Crippen molar-refractivity contribution in [3.8, 4) is 6.07 Å². The summed E-state index contributed by atoms with van der Waals surface area (Å²) in [7, 11) is 1.77. The normalized spacial score (nSPS) is 11.2. The van der Waals surface area contributed by atoms with Gasteiger partial charge in [-0.1, -0.05) is 26.0 Å². The Balaban J connectivity index is 2.32. The number of hydrogen-bond acceptors (Lipinski definition) is 2. The van der Waals surface area contributed by atoms with Crippen molar-refractivity contribution in [1.29, 1.82) is 5.26 Å². The summed E-state index contributed by atoms with van der Waals surface area (Å²) in [5.74, 6) is 1.56. The molecular formula is C16H24N4. The lowest BCUT2D eigenvalue weighted by Gasteiger charge is -2.12. The fraction of sp³-hybridized carbons (Fsp3) is 0.500. The van der Waals surface area contributed by atoms with Gasteiger partial charge in [-0.3, -0.25) is 4.99 Å². The molecule has 1 aromatic rings. The summed E-state index contributed by atoms with van der Waals surface area (Å²) in [6, 6.07) is 9.69. The third kappa shape index (κ3) is 6.24. The van der Waals surface area contributed by atoms with Gasteiger partial charge in [0.1, 0.15) is 0 Å². The summed E-state index contributed by atoms with van der Waals surface area (Å²) in [5.41, 5.74) is 1.82. The van der Waals surface area contributed by atoms with Crippen molar-refractivity contribution in [3.05, 3.63) is 35.4 Å². The van der Waals surface area contributed by atoms with Crippen molar-refractivity contribution >= 4 is 5.96 Å². The summed E-state index contributed by atoms with van der Waals surface area (Å²) in [4.78, 5) is 4.20. The maximum atomic E-state index is 8.75. The number of hydrogen-bond donors (Lipinski definition) is 2. The fourth-order valence-electron chi connectivity index (χ4n) is 1.82. The molecule has 20 heavy (non-hydrogen) atoms. The van der Waals surface area contributed by atoms with Crippen LogP contribution in [0.4, 0.5) is 0 Å². The molecule has 0 unspecified atom stereocenters. The van der Waals surface area contributed by atoms with Gasteiger partial charge in [-0.25, -0.2) is 0 Å². The Labute approximate surface area is 121 Å². The van der Waals surface area contributed by atoms with E-state index >= 15 is 0 Å². The first-order valence-corrected chi connectivity index (χ1v) is 7.09. The summed E-state index contributed by atoms with van der Waals surface area (Å²) in [6.07, 6.45) is 2.37. The van der Waals surface area contributed by atoms with Gasteiger partial charge in [0.05, 0.1) is 11.6 Å². The van der Waals surface area contributed by atoms with E-state index in [4.69, 9.17) is 5.26 Å². The predicted molar refractivity (Wildman–Crippen MR) is 83.4 cm³/mol. The van der Waals surface area contributed by atoms with Crippen LogP contribution in [-0.2, 0) is 6.54 Å². The molecule has 0 bridgehead atoms. The van der Waals surface area contributed by atoms with Crippen LogP contribution in [0.25, 0.3) is 0 Å². The molecule has 0 amide bonds. The number of nitriles is 1. The van der Waals surface area contributed by atoms with Crippen LogP contribution in [0.5, 0.6) is 0 Å². The monoisotopic (exact) mass is 272 g/mol. The molecule has 1 aromatic carbocycles. The van der Waals surface area contributed by atoms with Crippen LogP contribution in [0, 0.1) is 17.2 Å². The van der Waals surface area contributed by atoms with Crippen molar-refractivity contribution in [1.82, 2.24) is 10.6 Å². The van der Waals surface area contributed by atoms with Crippen molar-refractivity contribution < 1.29 is 0 Å². The van der Waals surface area contributed by atoms with E-state index in [-0.39, 0.29) is 0 Å². The largest absolute Gasteiger partial charge is 0.356 e. The summed E-state index contributed by atoms with van der Waals surface area (Å²) < 4.78 is 0. The molecule has 1 rings (SSSR count). The van der Waals surface area contributed by atoms with Gasteiger partial charge in [0.25, 0.3) is 0 Å². The van der Waals surface area contributed by atoms with Gasteiger partial charge in [-0.05, 0) is 36.5 Å². The lowest BCUT2D eigenvalue weighted by atomic mass is 10.1. The average molecular weight is 272 g/mol. The zero-order valence-corrected chi connectivity index (χ0v) is 12.6. The van der Waals surface area contributed by atoms with Gasteiger partial charge in [0.2, 0.25) is 0 Å². The molecule has 0 atom stereocenters. The molecule has 0 aromatic heterocycles. The fourth-order valence-corrected chi connectivity index (χ4v) is 1.82. The van der Waals surface area contributed by atoms with E-state index in [0.717, 1.165) is 30.4 Å². The number of nitrogens with zero attached hydrogens (tertiary/aromatic N) is 2. The van der Waals surface area contributed by atoms with E-state index in [1.54, 1.807) is 7.05 Å². The summed E-state index contributed by atoms with van der Waals surface area (Å²) in [6.45, 7) is 6.11. The molecule has 2 N–H and O–H groups in total. The van der Waals surface area contributed by atoms with Crippen molar-refractivity contribution in [2.24, 2.45) is 10.9 Å². The number of aliphatic imine (C=N–C) groups is 1. The molecule has 0 aliphatic rings. The van der Waals surface area contributed by atoms with E-state index in [1.165, 1.54) is 6.42 Å². The molecule has 0 spiro atoms. The van der Waals surface area contributed by atoms with Crippen LogP contribution >= 0.6 is 0 Å². The van der Waals surface area contributed by atoms with Gasteiger partial charge in [-0.15, -0.1) is 0 Å². The van der Waals surface area contributed by atoms with E-state index in [1.807, 2.05) is 24.3 Å². The quantitative estimate of drug-likeness (QED) is 0.475. The molecule has 0 aliphatic heterocycles. The first kappa shape index (κ1) is 16.0. The smallest absolute Gasteiger partial charge is 0.191 e. The maximum absolute atomic E-state index is 8.75. The number of rotatable bonds is 6. The van der Waals surface area contributed by atoms with E-state index in [2.05, 4.69) is 35.5 Å². The second-order valence-corrected chi connectivity index (χ2v) is 5.20. The first-order valence-electron chi connectivity index (χ1n) is 7.09. The second kappa shape index (κ2) is 8.98. The Morgan fingerprint density at radius 1 is 1.25 bits per heavy atom. The predicted octanol–water partition coefficient (Wildman–Crippen LogP) is 2.66. The minimum atomic E-state index is 0.685. The summed E-state index contributed by atoms with van der Waals surface area (Å²) in [5, 5.41) is 15.3. The standard InChI is InChI=1S/C16H24N4/c1-13(2)5-4-10-19-16(18-3)20-12-15-8-6-14(11-17)7-9-15/h6-9,13H,4-5,10,12H2,1-3H3,(H2,18,19,20). The number of benzene rings is 1. The first-order chi connectivity index (χ1) is 9.65. The highest BCUT2D eigenvalue weighted by atomic mass is 15.2. The highest BCUT2D eigenvalue weighted by molar-refractivity contribution is 5.79. The van der Waals surface area contributed by atoms with Gasteiger partial charge in [0, 0.05) is 20.1 Å². The van der Waals surface area contributed by atoms with Gasteiger partial charge < -0.3 is 10.6 Å². The van der Waals surface area contributed by atoms with Gasteiger partial charge in [-0.2, -0.15) is 5.26 Å². The Bertz CT molecular complexity index is 454. The van der Waals surface area contributed by atoms with E-state index < -0.39 is 0 Å². The van der Waals surface area contributed by atoms with Crippen LogP contribution < -0.4 is 10.6 Å². The van der Waals surface area contributed by atoms with Crippen molar-refractivity contribution in [2.45, 2.75) is 33.2 Å². The second-order valence-electron chi connectivity index (χ2n) is 5.20. The molecule has 0 radical (unpaired) electrons. The van der Waals surface area contributed by atoms with Crippen molar-refractivity contribution in [2.75, 3.05) is 13.6 Å². The average Bonchev–Trinajstić information content (AvgIpc) is 2.47. The minimum Gasteiger partial charge on any atom is -0.356 e. The lowest BCUT2D eigenvalue weighted by molar-refractivity contribution is 0.549. The third-order valence-electron chi connectivity index (χ3n) is 3.02. The van der Waals surface area contributed by atoms with Crippen LogP contribution in [0.3, 0.4) is 0 Å². The van der Waals surface area contributed by atoms with Gasteiger partial charge in [0.15, 0.2) is 5.96 Å². The maximum Gasteiger partial charge on any atom is 0.191 e. The molecule has 108 valence electrons. The SMILES string of the molecule is CN=C(NCCCC(C)C)NCc1ccc(C#N)cc1. The highest BCUT2D eigenvalue weighted by Crippen LogP contribution is 2.03. The zero-order valence-electron chi connectivity index (χ0n) is 12.6. The Morgan fingerprint density at radius 2 is 1.95 bits per heavy atom. The Morgan fingerprint density at radius 3 is 2.50 bits per heavy atom. The molecule has 0 saturated carbocycles. The molecule has 4 nitrogen and oxygen atoms in total. The Kier molecular flexibility index (Phi) is 7.20. The summed E-state index contributed by atoms with van der Waals surface area (Å²) >= 11 is 0. The molecular weight excluding hydrogens is 248 g/mol. The van der Waals surface area contributed by atoms with E-state index in [0.29, 0.717) is 12.1 Å². The number of guanidine groups is 1. The van der Waals surface area contributed by atoms with Crippen LogP contribution in [0.1, 0.15) is 37.8 Å². The highest BCUT2D eigenvalue weighted by Gasteiger charge is 1.99. The third-order valence-corrected chi connectivity index (χ3v) is 3.02. The molecule has 4 heteroatoms. The molecule has 0 aliphatic carbocycles.